The highest BCUT2D eigenvalue weighted by Crippen LogP contribution is 2.35. The third kappa shape index (κ3) is 2.52. The number of hydrogen-bond donors (Lipinski definition) is 3. The number of anilines is 1. The van der Waals surface area contributed by atoms with Gasteiger partial charge in [-0.2, -0.15) is 0 Å². The lowest BCUT2D eigenvalue weighted by Crippen LogP contribution is -2.14. The number of carbonyl (C=O) groups is 1. The Hall–Kier alpha value is -4.01. The number of benzene rings is 1. The van der Waals surface area contributed by atoms with E-state index in [2.05, 4.69) is 19.9 Å². The fourth-order valence-corrected chi connectivity index (χ4v) is 3.25. The summed E-state index contributed by atoms with van der Waals surface area (Å²) in [4.78, 5) is 29.4. The summed E-state index contributed by atoms with van der Waals surface area (Å²) in [7, 11) is 0. The lowest BCUT2D eigenvalue weighted by molar-refractivity contribution is 0.100. The fraction of sp³-hybridized carbons (Fsp3) is 0.105. The standard InChI is InChI=1S/C19H17N7O2/c1-9-3-4-13(27)10(2)16(9)26-17(20)14(18(21)28)15-19(26)24-8-12(25-15)11-7-22-5-6-23-11/h3-8,27H,20H2,1-2H3,(H2,21,28). The number of nitrogens with two attached hydrogens (primary N) is 2. The number of aryl methyl sites for hydroxylation is 1. The summed E-state index contributed by atoms with van der Waals surface area (Å²) in [6.07, 6.45) is 6.16. The molecule has 0 saturated carbocycles. The van der Waals surface area contributed by atoms with E-state index in [0.717, 1.165) is 5.56 Å². The molecule has 0 aliphatic carbocycles. The summed E-state index contributed by atoms with van der Waals surface area (Å²) in [5, 5.41) is 10.2. The Labute approximate surface area is 159 Å². The fourth-order valence-electron chi connectivity index (χ4n) is 3.25. The van der Waals surface area contributed by atoms with E-state index in [1.807, 2.05) is 6.92 Å². The van der Waals surface area contributed by atoms with Gasteiger partial charge >= 0.3 is 0 Å². The second-order valence-corrected chi connectivity index (χ2v) is 6.35. The van der Waals surface area contributed by atoms with Gasteiger partial charge in [0.1, 0.15) is 34.0 Å². The van der Waals surface area contributed by atoms with Gasteiger partial charge in [-0.3, -0.25) is 19.3 Å². The van der Waals surface area contributed by atoms with Crippen LogP contribution in [-0.2, 0) is 0 Å². The van der Waals surface area contributed by atoms with Gasteiger partial charge in [0.15, 0.2) is 5.65 Å². The first kappa shape index (κ1) is 17.4. The number of nitrogen functional groups attached to an aromatic ring is 1. The number of nitrogens with zero attached hydrogens (tertiary/aromatic N) is 5. The Morgan fingerprint density at radius 3 is 2.57 bits per heavy atom. The molecule has 0 fully saturated rings. The van der Waals surface area contributed by atoms with Crippen molar-refractivity contribution < 1.29 is 9.90 Å². The molecule has 1 amide bonds. The average Bonchev–Trinajstić information content (AvgIpc) is 2.97. The van der Waals surface area contributed by atoms with Crippen molar-refractivity contribution in [3.05, 3.63) is 53.6 Å². The van der Waals surface area contributed by atoms with Crippen LogP contribution in [0.4, 0.5) is 5.82 Å². The summed E-state index contributed by atoms with van der Waals surface area (Å²) in [5.41, 5.74) is 15.6. The number of fused-ring (bicyclic) bond motifs is 1. The predicted octanol–water partition coefficient (Wildman–Crippen LogP) is 1.88. The lowest BCUT2D eigenvalue weighted by Gasteiger charge is -2.15. The van der Waals surface area contributed by atoms with E-state index >= 15 is 0 Å². The molecule has 5 N–H and O–H groups in total. The van der Waals surface area contributed by atoms with E-state index in [1.165, 1.54) is 12.4 Å². The largest absolute Gasteiger partial charge is 0.508 e. The van der Waals surface area contributed by atoms with E-state index in [4.69, 9.17) is 11.5 Å². The number of rotatable bonds is 3. The van der Waals surface area contributed by atoms with Crippen LogP contribution in [0.1, 0.15) is 21.5 Å². The number of aromatic hydroxyl groups is 1. The summed E-state index contributed by atoms with van der Waals surface area (Å²) in [5.74, 6) is -0.510. The Morgan fingerprint density at radius 2 is 1.89 bits per heavy atom. The van der Waals surface area contributed by atoms with E-state index in [9.17, 15) is 9.90 Å². The number of aromatic nitrogens is 5. The van der Waals surface area contributed by atoms with Gasteiger partial charge in [-0.1, -0.05) is 6.07 Å². The van der Waals surface area contributed by atoms with Crippen molar-refractivity contribution in [2.24, 2.45) is 5.73 Å². The second-order valence-electron chi connectivity index (χ2n) is 6.35. The molecule has 0 unspecified atom stereocenters. The van der Waals surface area contributed by atoms with Crippen molar-refractivity contribution in [3.63, 3.8) is 0 Å². The van der Waals surface area contributed by atoms with Gasteiger partial charge in [0.05, 0.1) is 18.1 Å². The minimum atomic E-state index is -0.720. The van der Waals surface area contributed by atoms with Crippen LogP contribution < -0.4 is 11.5 Å². The van der Waals surface area contributed by atoms with E-state index in [1.54, 1.807) is 36.0 Å². The summed E-state index contributed by atoms with van der Waals surface area (Å²) < 4.78 is 1.59. The van der Waals surface area contributed by atoms with Crippen LogP contribution in [0.5, 0.6) is 5.75 Å². The molecule has 3 heterocycles. The smallest absolute Gasteiger partial charge is 0.254 e. The van der Waals surface area contributed by atoms with Crippen molar-refractivity contribution in [1.82, 2.24) is 24.5 Å². The van der Waals surface area contributed by atoms with Gasteiger partial charge in [-0.05, 0) is 25.5 Å². The van der Waals surface area contributed by atoms with Crippen LogP contribution in [0, 0.1) is 13.8 Å². The molecule has 0 atom stereocenters. The maximum Gasteiger partial charge on any atom is 0.254 e. The third-order valence-electron chi connectivity index (χ3n) is 4.60. The Balaban J connectivity index is 2.09. The molecular formula is C19H17N7O2. The number of amides is 1. The maximum absolute atomic E-state index is 12.1. The molecule has 0 aliphatic rings. The molecule has 1 aromatic carbocycles. The summed E-state index contributed by atoms with van der Waals surface area (Å²) in [6, 6.07) is 3.36. The Bertz CT molecular complexity index is 1230. The summed E-state index contributed by atoms with van der Waals surface area (Å²) >= 11 is 0. The first-order chi connectivity index (χ1) is 13.4. The maximum atomic E-state index is 12.1. The minimum absolute atomic E-state index is 0.0652. The van der Waals surface area contributed by atoms with Gasteiger partial charge < -0.3 is 16.6 Å². The highest BCUT2D eigenvalue weighted by atomic mass is 16.3. The number of primary amides is 1. The summed E-state index contributed by atoms with van der Waals surface area (Å²) in [6.45, 7) is 3.63. The van der Waals surface area contributed by atoms with Crippen molar-refractivity contribution in [2.45, 2.75) is 13.8 Å². The molecule has 9 nitrogen and oxygen atoms in total. The molecule has 4 aromatic rings. The Morgan fingerprint density at radius 1 is 1.11 bits per heavy atom. The van der Waals surface area contributed by atoms with Crippen LogP contribution in [0.15, 0.2) is 36.9 Å². The molecule has 0 saturated heterocycles. The monoisotopic (exact) mass is 375 g/mol. The van der Waals surface area contributed by atoms with E-state index in [0.29, 0.717) is 28.3 Å². The molecular weight excluding hydrogens is 358 g/mol. The molecule has 0 aliphatic heterocycles. The van der Waals surface area contributed by atoms with Crippen LogP contribution in [0.25, 0.3) is 28.2 Å². The first-order valence-corrected chi connectivity index (χ1v) is 8.42. The Kier molecular flexibility index (Phi) is 3.92. The predicted molar refractivity (Wildman–Crippen MR) is 104 cm³/mol. The highest BCUT2D eigenvalue weighted by molar-refractivity contribution is 6.09. The van der Waals surface area contributed by atoms with E-state index in [-0.39, 0.29) is 22.6 Å². The molecule has 4 rings (SSSR count). The highest BCUT2D eigenvalue weighted by Gasteiger charge is 2.25. The number of hydrogen-bond acceptors (Lipinski definition) is 7. The quantitative estimate of drug-likeness (QED) is 0.495. The normalized spacial score (nSPS) is 11.1. The van der Waals surface area contributed by atoms with Crippen molar-refractivity contribution in [1.29, 1.82) is 0 Å². The topological polar surface area (TPSA) is 146 Å². The van der Waals surface area contributed by atoms with Gasteiger partial charge in [-0.15, -0.1) is 0 Å². The lowest BCUT2D eigenvalue weighted by atomic mass is 10.1. The molecule has 0 bridgehead atoms. The molecule has 9 heteroatoms. The molecule has 0 spiro atoms. The average molecular weight is 375 g/mol. The third-order valence-corrected chi connectivity index (χ3v) is 4.60. The first-order valence-electron chi connectivity index (χ1n) is 8.42. The van der Waals surface area contributed by atoms with Gasteiger partial charge in [-0.25, -0.2) is 9.97 Å². The van der Waals surface area contributed by atoms with Crippen molar-refractivity contribution in [3.8, 4) is 22.8 Å². The SMILES string of the molecule is Cc1ccc(O)c(C)c1-n1c(N)c(C(N)=O)c2nc(-c3cnccn3)cnc21. The van der Waals surface area contributed by atoms with Crippen LogP contribution in [0.2, 0.25) is 0 Å². The molecule has 0 radical (unpaired) electrons. The van der Waals surface area contributed by atoms with Gasteiger partial charge in [0.25, 0.3) is 5.91 Å². The van der Waals surface area contributed by atoms with Gasteiger partial charge in [0, 0.05) is 18.0 Å². The second kappa shape index (κ2) is 6.31. The zero-order valence-corrected chi connectivity index (χ0v) is 15.2. The molecule has 140 valence electrons. The van der Waals surface area contributed by atoms with Crippen molar-refractivity contribution in [2.75, 3.05) is 5.73 Å². The van der Waals surface area contributed by atoms with Crippen LogP contribution in [0.3, 0.4) is 0 Å². The number of phenols is 1. The zero-order valence-electron chi connectivity index (χ0n) is 15.2. The van der Waals surface area contributed by atoms with Crippen LogP contribution in [-0.4, -0.2) is 35.5 Å². The van der Waals surface area contributed by atoms with Crippen LogP contribution >= 0.6 is 0 Å². The minimum Gasteiger partial charge on any atom is -0.508 e. The van der Waals surface area contributed by atoms with Gasteiger partial charge in [0.2, 0.25) is 0 Å². The number of carbonyl (C=O) groups excluding carboxylic acids is 1. The zero-order chi connectivity index (χ0) is 20.0. The molecule has 3 aromatic heterocycles. The van der Waals surface area contributed by atoms with E-state index < -0.39 is 5.91 Å². The van der Waals surface area contributed by atoms with Crippen molar-refractivity contribution >= 4 is 22.9 Å². The number of phenolic OH excluding ortho intramolecular Hbond substituents is 1. The molecule has 28 heavy (non-hydrogen) atoms.